The monoisotopic (exact) mass is 322 g/mol. The van der Waals surface area contributed by atoms with Crippen molar-refractivity contribution in [1.29, 1.82) is 0 Å². The molecule has 20 heavy (non-hydrogen) atoms. The number of nitrogens with one attached hydrogen (secondary N) is 1. The number of hydrogen-bond acceptors (Lipinski definition) is 4. The number of carbonyl (C=O) groups excluding carboxylic acids is 1. The number of thioether (sulfide) groups is 1. The summed E-state index contributed by atoms with van der Waals surface area (Å²) >= 11 is 1.50. The number of rotatable bonds is 6. The topological polar surface area (TPSA) is 86.7 Å². The van der Waals surface area contributed by atoms with Crippen LogP contribution in [-0.4, -0.2) is 61.4 Å². The minimum absolute atomic E-state index is 0.0143. The van der Waals surface area contributed by atoms with Crippen molar-refractivity contribution < 1.29 is 18.9 Å². The Balaban J connectivity index is 2.55. The second-order valence-corrected chi connectivity index (χ2v) is 7.80. The van der Waals surface area contributed by atoms with E-state index in [9.17, 15) is 13.8 Å². The van der Waals surface area contributed by atoms with Gasteiger partial charge < -0.3 is 10.4 Å². The SMILES string of the molecule is CCC1SCC(C(=O)O)N1C(=O)NCCC(C)S(C)=O. The largest absolute Gasteiger partial charge is 0.480 e. The molecule has 4 atom stereocenters. The van der Waals surface area contributed by atoms with E-state index in [1.807, 2.05) is 13.8 Å². The van der Waals surface area contributed by atoms with Crippen molar-refractivity contribution >= 4 is 34.6 Å². The molecule has 1 fully saturated rings. The molecule has 0 spiro atoms. The Morgan fingerprint density at radius 1 is 1.55 bits per heavy atom. The minimum Gasteiger partial charge on any atom is -0.480 e. The molecule has 6 nitrogen and oxygen atoms in total. The van der Waals surface area contributed by atoms with Crippen molar-refractivity contribution in [1.82, 2.24) is 10.2 Å². The zero-order chi connectivity index (χ0) is 15.3. The third kappa shape index (κ3) is 4.37. The molecular weight excluding hydrogens is 300 g/mol. The molecule has 0 radical (unpaired) electrons. The van der Waals surface area contributed by atoms with E-state index in [1.54, 1.807) is 6.26 Å². The molecule has 0 bridgehead atoms. The Morgan fingerprint density at radius 3 is 2.70 bits per heavy atom. The fraction of sp³-hybridized carbons (Fsp3) is 0.833. The summed E-state index contributed by atoms with van der Waals surface area (Å²) in [5, 5.41) is 11.8. The van der Waals surface area contributed by atoms with E-state index < -0.39 is 22.8 Å². The zero-order valence-corrected chi connectivity index (χ0v) is 13.6. The van der Waals surface area contributed by atoms with Gasteiger partial charge in [-0.1, -0.05) is 13.8 Å². The number of urea groups is 1. The van der Waals surface area contributed by atoms with Gasteiger partial charge in [0.15, 0.2) is 0 Å². The molecule has 1 aliphatic heterocycles. The first-order valence-electron chi connectivity index (χ1n) is 6.61. The van der Waals surface area contributed by atoms with Crippen molar-refractivity contribution in [2.75, 3.05) is 18.6 Å². The summed E-state index contributed by atoms with van der Waals surface area (Å²) in [4.78, 5) is 24.7. The summed E-state index contributed by atoms with van der Waals surface area (Å²) in [6.45, 7) is 4.21. The lowest BCUT2D eigenvalue weighted by molar-refractivity contribution is -0.141. The molecule has 1 saturated heterocycles. The maximum absolute atomic E-state index is 12.1. The Labute approximate surface area is 126 Å². The highest BCUT2D eigenvalue weighted by molar-refractivity contribution is 8.00. The summed E-state index contributed by atoms with van der Waals surface area (Å²) in [6.07, 6.45) is 2.97. The fourth-order valence-corrected chi connectivity index (χ4v) is 3.78. The van der Waals surface area contributed by atoms with Crippen LogP contribution >= 0.6 is 11.8 Å². The highest BCUT2D eigenvalue weighted by Crippen LogP contribution is 2.31. The summed E-state index contributed by atoms with van der Waals surface area (Å²) in [5.41, 5.74) is 0. The van der Waals surface area contributed by atoms with Crippen LogP contribution in [0.2, 0.25) is 0 Å². The number of carboxylic acid groups (broad SMARTS) is 1. The van der Waals surface area contributed by atoms with Gasteiger partial charge in [0.2, 0.25) is 0 Å². The molecule has 8 heteroatoms. The van der Waals surface area contributed by atoms with E-state index in [2.05, 4.69) is 5.32 Å². The van der Waals surface area contributed by atoms with E-state index >= 15 is 0 Å². The van der Waals surface area contributed by atoms with Crippen LogP contribution in [-0.2, 0) is 15.6 Å². The predicted octanol–water partition coefficient (Wildman–Crippen LogP) is 1.09. The van der Waals surface area contributed by atoms with Crippen molar-refractivity contribution in [2.45, 2.75) is 43.4 Å². The van der Waals surface area contributed by atoms with Crippen LogP contribution in [0, 0.1) is 0 Å². The van der Waals surface area contributed by atoms with Gasteiger partial charge in [0.05, 0.1) is 5.37 Å². The van der Waals surface area contributed by atoms with E-state index in [0.717, 1.165) is 6.42 Å². The first kappa shape index (κ1) is 17.3. The van der Waals surface area contributed by atoms with E-state index in [1.165, 1.54) is 16.7 Å². The van der Waals surface area contributed by atoms with Crippen LogP contribution in [0.25, 0.3) is 0 Å². The van der Waals surface area contributed by atoms with Crippen molar-refractivity contribution in [3.63, 3.8) is 0 Å². The lowest BCUT2D eigenvalue weighted by Gasteiger charge is -2.27. The second-order valence-electron chi connectivity index (χ2n) is 4.79. The molecule has 2 amide bonds. The normalized spacial score (nSPS) is 25.2. The molecule has 116 valence electrons. The van der Waals surface area contributed by atoms with Crippen molar-refractivity contribution in [3.8, 4) is 0 Å². The van der Waals surface area contributed by atoms with Gasteiger partial charge in [0.25, 0.3) is 0 Å². The van der Waals surface area contributed by atoms with Gasteiger partial charge in [-0.05, 0) is 12.8 Å². The average molecular weight is 322 g/mol. The summed E-state index contributed by atoms with van der Waals surface area (Å²) in [5.74, 6) is -0.539. The lowest BCUT2D eigenvalue weighted by atomic mass is 10.2. The van der Waals surface area contributed by atoms with Crippen molar-refractivity contribution in [3.05, 3.63) is 0 Å². The van der Waals surface area contributed by atoms with E-state index in [-0.39, 0.29) is 16.7 Å². The summed E-state index contributed by atoms with van der Waals surface area (Å²) in [6, 6.07) is -1.11. The van der Waals surface area contributed by atoms with Gasteiger partial charge in [0, 0.05) is 34.6 Å². The van der Waals surface area contributed by atoms with Gasteiger partial charge in [-0.25, -0.2) is 9.59 Å². The third-order valence-electron chi connectivity index (χ3n) is 3.36. The van der Waals surface area contributed by atoms with E-state index in [4.69, 9.17) is 5.11 Å². The van der Waals surface area contributed by atoms with Crippen LogP contribution in [0.1, 0.15) is 26.7 Å². The quantitative estimate of drug-likeness (QED) is 0.764. The summed E-state index contributed by atoms with van der Waals surface area (Å²) in [7, 11) is -0.913. The molecule has 1 heterocycles. The van der Waals surface area contributed by atoms with Crippen LogP contribution in [0.3, 0.4) is 0 Å². The molecule has 0 aromatic heterocycles. The highest BCUT2D eigenvalue weighted by Gasteiger charge is 2.40. The van der Waals surface area contributed by atoms with Crippen molar-refractivity contribution in [2.24, 2.45) is 0 Å². The van der Waals surface area contributed by atoms with Gasteiger partial charge in [-0.2, -0.15) is 0 Å². The fourth-order valence-electron chi connectivity index (χ4n) is 1.98. The maximum atomic E-state index is 12.1. The first-order chi connectivity index (χ1) is 9.38. The Morgan fingerprint density at radius 2 is 2.20 bits per heavy atom. The van der Waals surface area contributed by atoms with Gasteiger partial charge in [-0.3, -0.25) is 9.11 Å². The number of hydrogen-bond donors (Lipinski definition) is 2. The molecule has 0 aromatic carbocycles. The molecule has 1 aliphatic rings. The molecule has 0 aromatic rings. The number of amides is 2. The number of nitrogens with zero attached hydrogens (tertiary/aromatic N) is 1. The summed E-state index contributed by atoms with van der Waals surface area (Å²) < 4.78 is 11.2. The smallest absolute Gasteiger partial charge is 0.327 e. The van der Waals surface area contributed by atoms with Gasteiger partial charge in [0.1, 0.15) is 6.04 Å². The first-order valence-corrected chi connectivity index (χ1v) is 9.28. The molecule has 2 N–H and O–H groups in total. The van der Waals surface area contributed by atoms with Gasteiger partial charge >= 0.3 is 12.0 Å². The predicted molar refractivity (Wildman–Crippen MR) is 81.3 cm³/mol. The third-order valence-corrected chi connectivity index (χ3v) is 6.18. The van der Waals surface area contributed by atoms with Gasteiger partial charge in [-0.15, -0.1) is 11.8 Å². The number of carboxylic acids is 1. The van der Waals surface area contributed by atoms with Crippen LogP contribution in [0.15, 0.2) is 0 Å². The average Bonchev–Trinajstić information content (AvgIpc) is 2.82. The molecular formula is C12H22N2O4S2. The Kier molecular flexibility index (Phi) is 6.81. The standard InChI is InChI=1S/C12H22N2O4S2/c1-4-10-14(9(7-19-10)11(15)16)12(17)13-6-5-8(2)20(3)18/h8-10H,4-7H2,1-3H3,(H,13,17)(H,15,16). The van der Waals surface area contributed by atoms with Crippen LogP contribution in [0.5, 0.6) is 0 Å². The number of aliphatic carboxylic acids is 1. The van der Waals surface area contributed by atoms with Crippen LogP contribution in [0.4, 0.5) is 4.79 Å². The molecule has 0 saturated carbocycles. The number of carbonyl (C=O) groups is 2. The van der Waals surface area contributed by atoms with E-state index in [0.29, 0.717) is 18.7 Å². The molecule has 0 aliphatic carbocycles. The lowest BCUT2D eigenvalue weighted by Crippen LogP contribution is -2.50. The molecule has 1 rings (SSSR count). The van der Waals surface area contributed by atoms with Crippen LogP contribution < -0.4 is 5.32 Å². The Bertz CT molecular complexity index is 392. The Hall–Kier alpha value is -0.760. The minimum atomic E-state index is -0.966. The molecule has 4 unspecified atom stereocenters. The maximum Gasteiger partial charge on any atom is 0.327 e. The zero-order valence-electron chi connectivity index (χ0n) is 12.0. The highest BCUT2D eigenvalue weighted by atomic mass is 32.2. The second kappa shape index (κ2) is 7.87.